The molecule has 25 heavy (non-hydrogen) atoms. The van der Waals surface area contributed by atoms with Gasteiger partial charge in [-0.15, -0.1) is 0 Å². The van der Waals surface area contributed by atoms with Gasteiger partial charge in [-0.3, -0.25) is 14.5 Å². The Morgan fingerprint density at radius 3 is 2.92 bits per heavy atom. The summed E-state index contributed by atoms with van der Waals surface area (Å²) in [5.74, 6) is 1.47. The minimum absolute atomic E-state index is 0.0728. The fourth-order valence-electron chi connectivity index (χ4n) is 3.01. The zero-order chi connectivity index (χ0) is 18.2. The van der Waals surface area contributed by atoms with Gasteiger partial charge in [0, 0.05) is 51.3 Å². The van der Waals surface area contributed by atoms with Crippen molar-refractivity contribution in [2.45, 2.75) is 52.0 Å². The number of aryl methyl sites for hydroxylation is 1. The summed E-state index contributed by atoms with van der Waals surface area (Å²) < 4.78 is 1.85. The Hall–Kier alpha value is -2.05. The molecule has 2 rings (SSSR count). The van der Waals surface area contributed by atoms with Crippen LogP contribution in [0.25, 0.3) is 0 Å². The summed E-state index contributed by atoms with van der Waals surface area (Å²) in [5.41, 5.74) is 1.29. The molecule has 2 unspecified atom stereocenters. The Morgan fingerprint density at radius 2 is 2.28 bits per heavy atom. The predicted octanol–water partition coefficient (Wildman–Crippen LogP) is 1.48. The van der Waals surface area contributed by atoms with Gasteiger partial charge >= 0.3 is 0 Å². The highest BCUT2D eigenvalue weighted by Crippen LogP contribution is 2.26. The Labute approximate surface area is 150 Å². The summed E-state index contributed by atoms with van der Waals surface area (Å²) in [7, 11) is 1.95. The van der Waals surface area contributed by atoms with Crippen molar-refractivity contribution in [1.29, 1.82) is 0 Å². The lowest BCUT2D eigenvalue weighted by molar-refractivity contribution is -0.121. The van der Waals surface area contributed by atoms with Gasteiger partial charge in [0.05, 0.1) is 12.7 Å². The van der Waals surface area contributed by atoms with Crippen LogP contribution in [0.15, 0.2) is 17.4 Å². The highest BCUT2D eigenvalue weighted by Gasteiger charge is 2.26. The Kier molecular flexibility index (Phi) is 7.28. The zero-order valence-corrected chi connectivity index (χ0v) is 16.0. The van der Waals surface area contributed by atoms with E-state index in [0.29, 0.717) is 18.9 Å². The van der Waals surface area contributed by atoms with Gasteiger partial charge in [0.25, 0.3) is 0 Å². The van der Waals surface area contributed by atoms with Gasteiger partial charge in [0.1, 0.15) is 0 Å². The maximum absolute atomic E-state index is 11.9. The summed E-state index contributed by atoms with van der Waals surface area (Å²) in [6.07, 6.45) is 6.53. The number of aliphatic imine (C=N–C) groups is 1. The molecule has 0 spiro atoms. The van der Waals surface area contributed by atoms with Gasteiger partial charge in [0.2, 0.25) is 5.91 Å². The first-order chi connectivity index (χ1) is 12.0. The van der Waals surface area contributed by atoms with Gasteiger partial charge in [0.15, 0.2) is 5.96 Å². The van der Waals surface area contributed by atoms with E-state index in [4.69, 9.17) is 0 Å². The molecule has 2 heterocycles. The molecule has 1 saturated heterocycles. The molecule has 1 aromatic heterocycles. The van der Waals surface area contributed by atoms with Gasteiger partial charge in [-0.25, -0.2) is 0 Å². The van der Waals surface area contributed by atoms with Crippen molar-refractivity contribution >= 4 is 11.9 Å². The Bertz CT molecular complexity index is 582. The average Bonchev–Trinajstić information content (AvgIpc) is 3.22. The van der Waals surface area contributed by atoms with E-state index in [0.717, 1.165) is 38.4 Å². The number of nitrogens with one attached hydrogen (secondary N) is 2. The maximum Gasteiger partial charge on any atom is 0.222 e. The Morgan fingerprint density at radius 1 is 1.48 bits per heavy atom. The number of nitrogens with zero attached hydrogens (tertiary/aromatic N) is 4. The molecule has 1 amide bonds. The second-order valence-electron chi connectivity index (χ2n) is 6.74. The molecule has 1 fully saturated rings. The van der Waals surface area contributed by atoms with Crippen molar-refractivity contribution in [2.24, 2.45) is 12.0 Å². The van der Waals surface area contributed by atoms with E-state index in [1.54, 1.807) is 0 Å². The second kappa shape index (κ2) is 9.44. The van der Waals surface area contributed by atoms with Gasteiger partial charge in [-0.1, -0.05) is 6.92 Å². The monoisotopic (exact) mass is 348 g/mol. The van der Waals surface area contributed by atoms with Gasteiger partial charge < -0.3 is 15.5 Å². The maximum atomic E-state index is 11.9. The molecule has 1 aliphatic rings. The number of rotatable bonds is 7. The van der Waals surface area contributed by atoms with Crippen LogP contribution in [0.2, 0.25) is 0 Å². The number of hydrogen-bond acceptors (Lipinski definition) is 3. The third-order valence-corrected chi connectivity index (χ3v) is 4.64. The molecule has 0 radical (unpaired) electrons. The summed E-state index contributed by atoms with van der Waals surface area (Å²) in [5, 5.41) is 10.6. The van der Waals surface area contributed by atoms with E-state index in [9.17, 15) is 4.79 Å². The quantitative estimate of drug-likeness (QED) is 0.578. The minimum Gasteiger partial charge on any atom is -0.357 e. The molecule has 0 aromatic carbocycles. The van der Waals surface area contributed by atoms with Gasteiger partial charge in [-0.05, 0) is 32.3 Å². The molecular formula is C18H32N6O. The smallest absolute Gasteiger partial charge is 0.222 e. The lowest BCUT2D eigenvalue weighted by Crippen LogP contribution is -2.40. The fraction of sp³-hybridized carbons (Fsp3) is 0.722. The van der Waals surface area contributed by atoms with E-state index >= 15 is 0 Å². The topological polar surface area (TPSA) is 74.6 Å². The third kappa shape index (κ3) is 5.76. The summed E-state index contributed by atoms with van der Waals surface area (Å²) in [6.45, 7) is 9.41. The van der Waals surface area contributed by atoms with Crippen LogP contribution in [-0.4, -0.2) is 58.8 Å². The number of aromatic nitrogens is 2. The van der Waals surface area contributed by atoms with Gasteiger partial charge in [-0.2, -0.15) is 5.10 Å². The molecule has 1 aliphatic heterocycles. The van der Waals surface area contributed by atoms with Crippen LogP contribution in [0.3, 0.4) is 0 Å². The highest BCUT2D eigenvalue weighted by molar-refractivity contribution is 5.81. The van der Waals surface area contributed by atoms with Crippen LogP contribution >= 0.6 is 0 Å². The first kappa shape index (κ1) is 19.3. The molecule has 140 valence electrons. The van der Waals surface area contributed by atoms with E-state index in [1.807, 2.05) is 24.9 Å². The first-order valence-electron chi connectivity index (χ1n) is 9.34. The van der Waals surface area contributed by atoms with E-state index in [2.05, 4.69) is 45.7 Å². The first-order valence-corrected chi connectivity index (χ1v) is 9.34. The van der Waals surface area contributed by atoms with Crippen molar-refractivity contribution < 1.29 is 4.79 Å². The van der Waals surface area contributed by atoms with Crippen LogP contribution in [-0.2, 0) is 11.8 Å². The molecule has 1 aromatic rings. The Balaban J connectivity index is 1.88. The summed E-state index contributed by atoms with van der Waals surface area (Å²) in [6, 6.07) is 0.225. The molecule has 0 bridgehead atoms. The minimum atomic E-state index is 0.0728. The van der Waals surface area contributed by atoms with Crippen LogP contribution in [0.4, 0.5) is 0 Å². The normalized spacial score (nSPS) is 19.1. The van der Waals surface area contributed by atoms with E-state index in [1.165, 1.54) is 5.56 Å². The van der Waals surface area contributed by atoms with Crippen LogP contribution < -0.4 is 10.6 Å². The molecule has 7 heteroatoms. The fourth-order valence-corrected chi connectivity index (χ4v) is 3.01. The van der Waals surface area contributed by atoms with Crippen molar-refractivity contribution in [2.75, 3.05) is 26.2 Å². The number of hydrogen-bond donors (Lipinski definition) is 2. The molecule has 2 atom stereocenters. The number of carbonyl (C=O) groups is 1. The molecular weight excluding hydrogens is 316 g/mol. The van der Waals surface area contributed by atoms with Crippen molar-refractivity contribution in [3.05, 3.63) is 18.0 Å². The number of amides is 1. The average molecular weight is 348 g/mol. The van der Waals surface area contributed by atoms with Crippen molar-refractivity contribution in [1.82, 2.24) is 25.3 Å². The molecule has 7 nitrogen and oxygen atoms in total. The molecule has 0 aliphatic carbocycles. The van der Waals surface area contributed by atoms with E-state index < -0.39 is 0 Å². The lowest BCUT2D eigenvalue weighted by Gasteiger charge is -2.21. The highest BCUT2D eigenvalue weighted by atomic mass is 16.1. The standard InChI is InChI=1S/C18H32N6O/c1-5-14(3)22-17(25)7-9-20-18(19-6-2)24-10-8-15(13-24)16-11-21-23(4)12-16/h11-12,14-15H,5-10,13H2,1-4H3,(H,19,20)(H,22,25). The van der Waals surface area contributed by atoms with Crippen LogP contribution in [0.5, 0.6) is 0 Å². The van der Waals surface area contributed by atoms with E-state index in [-0.39, 0.29) is 11.9 Å². The molecule has 0 saturated carbocycles. The van der Waals surface area contributed by atoms with Crippen LogP contribution in [0, 0.1) is 0 Å². The van der Waals surface area contributed by atoms with Crippen LogP contribution in [0.1, 0.15) is 51.5 Å². The van der Waals surface area contributed by atoms with Crippen molar-refractivity contribution in [3.8, 4) is 0 Å². The summed E-state index contributed by atoms with van der Waals surface area (Å²) >= 11 is 0. The second-order valence-corrected chi connectivity index (χ2v) is 6.74. The van der Waals surface area contributed by atoms with Crippen molar-refractivity contribution in [3.63, 3.8) is 0 Å². The zero-order valence-electron chi connectivity index (χ0n) is 16.0. The third-order valence-electron chi connectivity index (χ3n) is 4.64. The number of carbonyl (C=O) groups excluding carboxylic acids is 1. The predicted molar refractivity (Wildman–Crippen MR) is 101 cm³/mol. The lowest BCUT2D eigenvalue weighted by atomic mass is 10.0. The number of likely N-dealkylation sites (tertiary alicyclic amines) is 1. The summed E-state index contributed by atoms with van der Waals surface area (Å²) in [4.78, 5) is 18.8. The largest absolute Gasteiger partial charge is 0.357 e. The molecule has 2 N–H and O–H groups in total. The number of guanidine groups is 1. The SMILES string of the molecule is CCNC(=NCCC(=O)NC(C)CC)N1CCC(c2cnn(C)c2)C1.